The van der Waals surface area contributed by atoms with Gasteiger partial charge in [0.1, 0.15) is 10.7 Å². The molecule has 0 aliphatic heterocycles. The van der Waals surface area contributed by atoms with Gasteiger partial charge in [-0.15, -0.1) is 35.3 Å². The SMILES string of the molecule is CN=C(NCCNC(=O)c1scnc1C)NCc1ccc(F)cc1.I. The van der Waals surface area contributed by atoms with Crippen molar-refractivity contribution in [2.75, 3.05) is 20.1 Å². The summed E-state index contributed by atoms with van der Waals surface area (Å²) in [5.74, 6) is 0.238. The van der Waals surface area contributed by atoms with E-state index in [2.05, 4.69) is 25.9 Å². The highest BCUT2D eigenvalue weighted by Gasteiger charge is 2.10. The number of aliphatic imine (C=N–C) groups is 1. The van der Waals surface area contributed by atoms with Crippen LogP contribution in [-0.2, 0) is 6.54 Å². The highest BCUT2D eigenvalue weighted by atomic mass is 127. The lowest BCUT2D eigenvalue weighted by molar-refractivity contribution is 0.0957. The topological polar surface area (TPSA) is 78.4 Å². The van der Waals surface area contributed by atoms with Crippen molar-refractivity contribution < 1.29 is 9.18 Å². The molecule has 6 nitrogen and oxygen atoms in total. The molecule has 136 valence electrons. The lowest BCUT2D eigenvalue weighted by atomic mass is 10.2. The minimum absolute atomic E-state index is 0. The lowest BCUT2D eigenvalue weighted by Crippen LogP contribution is -2.41. The Kier molecular flexibility index (Phi) is 9.35. The molecule has 9 heteroatoms. The molecule has 0 saturated carbocycles. The van der Waals surface area contributed by atoms with Crippen molar-refractivity contribution in [1.82, 2.24) is 20.9 Å². The summed E-state index contributed by atoms with van der Waals surface area (Å²) in [6, 6.07) is 6.27. The van der Waals surface area contributed by atoms with Crippen molar-refractivity contribution in [3.63, 3.8) is 0 Å². The van der Waals surface area contributed by atoms with Gasteiger partial charge < -0.3 is 16.0 Å². The first-order valence-electron chi connectivity index (χ1n) is 7.47. The van der Waals surface area contributed by atoms with Crippen molar-refractivity contribution in [3.8, 4) is 0 Å². The number of amides is 1. The van der Waals surface area contributed by atoms with Crippen LogP contribution in [0.3, 0.4) is 0 Å². The van der Waals surface area contributed by atoms with E-state index in [0.29, 0.717) is 30.5 Å². The van der Waals surface area contributed by atoms with Crippen LogP contribution in [-0.4, -0.2) is 37.0 Å². The minimum atomic E-state index is -0.256. The number of hydrogen-bond acceptors (Lipinski definition) is 4. The fourth-order valence-electron chi connectivity index (χ4n) is 1.97. The number of benzene rings is 1. The minimum Gasteiger partial charge on any atom is -0.355 e. The molecule has 0 radical (unpaired) electrons. The highest BCUT2D eigenvalue weighted by Crippen LogP contribution is 2.11. The summed E-state index contributed by atoms with van der Waals surface area (Å²) >= 11 is 1.33. The maximum Gasteiger partial charge on any atom is 0.263 e. The lowest BCUT2D eigenvalue weighted by Gasteiger charge is -2.12. The van der Waals surface area contributed by atoms with E-state index in [4.69, 9.17) is 0 Å². The fraction of sp³-hybridized carbons (Fsp3) is 0.312. The second-order valence-corrected chi connectivity index (χ2v) is 5.86. The van der Waals surface area contributed by atoms with Gasteiger partial charge in [-0.1, -0.05) is 12.1 Å². The predicted molar refractivity (Wildman–Crippen MR) is 109 cm³/mol. The Morgan fingerprint density at radius 2 is 1.88 bits per heavy atom. The zero-order chi connectivity index (χ0) is 17.4. The van der Waals surface area contributed by atoms with Gasteiger partial charge in [-0.05, 0) is 24.6 Å². The largest absolute Gasteiger partial charge is 0.355 e. The number of guanidine groups is 1. The van der Waals surface area contributed by atoms with Gasteiger partial charge in [0.15, 0.2) is 5.96 Å². The number of carbonyl (C=O) groups is 1. The third kappa shape index (κ3) is 6.94. The number of nitrogens with zero attached hydrogens (tertiary/aromatic N) is 2. The first kappa shape index (κ1) is 21.3. The average Bonchev–Trinajstić information content (AvgIpc) is 3.01. The zero-order valence-electron chi connectivity index (χ0n) is 14.0. The highest BCUT2D eigenvalue weighted by molar-refractivity contribution is 14.0. The van der Waals surface area contributed by atoms with Crippen LogP contribution in [0.2, 0.25) is 0 Å². The van der Waals surface area contributed by atoms with Crippen LogP contribution in [0, 0.1) is 12.7 Å². The first-order valence-corrected chi connectivity index (χ1v) is 8.35. The number of hydrogen-bond donors (Lipinski definition) is 3. The van der Waals surface area contributed by atoms with Gasteiger partial charge >= 0.3 is 0 Å². The second kappa shape index (κ2) is 11.0. The van der Waals surface area contributed by atoms with Gasteiger partial charge in [0, 0.05) is 26.7 Å². The molecule has 1 amide bonds. The van der Waals surface area contributed by atoms with Crippen LogP contribution < -0.4 is 16.0 Å². The van der Waals surface area contributed by atoms with Crippen molar-refractivity contribution in [1.29, 1.82) is 0 Å². The van der Waals surface area contributed by atoms with E-state index in [-0.39, 0.29) is 35.7 Å². The van der Waals surface area contributed by atoms with Crippen LogP contribution in [0.5, 0.6) is 0 Å². The van der Waals surface area contributed by atoms with Crippen molar-refractivity contribution in [2.24, 2.45) is 4.99 Å². The van der Waals surface area contributed by atoms with E-state index in [0.717, 1.165) is 11.3 Å². The second-order valence-electron chi connectivity index (χ2n) is 5.00. The molecule has 0 unspecified atom stereocenters. The summed E-state index contributed by atoms with van der Waals surface area (Å²) in [5.41, 5.74) is 3.35. The molecule has 1 heterocycles. The molecule has 3 N–H and O–H groups in total. The maximum atomic E-state index is 12.9. The molecule has 0 fully saturated rings. The van der Waals surface area contributed by atoms with E-state index in [1.54, 1.807) is 24.7 Å². The van der Waals surface area contributed by atoms with Gasteiger partial charge in [0.25, 0.3) is 5.91 Å². The molecular formula is C16H21FIN5OS. The molecule has 1 aromatic carbocycles. The number of rotatable bonds is 6. The molecule has 0 bridgehead atoms. The van der Waals surface area contributed by atoms with Crippen LogP contribution in [0.1, 0.15) is 20.9 Å². The smallest absolute Gasteiger partial charge is 0.263 e. The van der Waals surface area contributed by atoms with E-state index >= 15 is 0 Å². The first-order chi connectivity index (χ1) is 11.6. The van der Waals surface area contributed by atoms with Gasteiger partial charge in [-0.25, -0.2) is 9.37 Å². The molecule has 0 aliphatic carbocycles. The summed E-state index contributed by atoms with van der Waals surface area (Å²) in [5, 5.41) is 9.06. The van der Waals surface area contributed by atoms with Crippen molar-refractivity contribution in [2.45, 2.75) is 13.5 Å². The van der Waals surface area contributed by atoms with E-state index in [1.807, 2.05) is 6.92 Å². The third-order valence-electron chi connectivity index (χ3n) is 3.25. The van der Waals surface area contributed by atoms with Gasteiger partial charge in [-0.3, -0.25) is 9.79 Å². The number of thiazole rings is 1. The zero-order valence-corrected chi connectivity index (χ0v) is 17.2. The van der Waals surface area contributed by atoms with Crippen LogP contribution >= 0.6 is 35.3 Å². The molecule has 2 aromatic rings. The molecule has 0 saturated heterocycles. The Labute approximate surface area is 167 Å². The summed E-state index contributed by atoms with van der Waals surface area (Å²) in [6.45, 7) is 3.34. The normalized spacial score (nSPS) is 10.8. The number of carbonyl (C=O) groups excluding carboxylic acids is 1. The molecule has 2 rings (SSSR count). The monoisotopic (exact) mass is 477 g/mol. The molecule has 0 aliphatic rings. The Bertz CT molecular complexity index is 705. The summed E-state index contributed by atoms with van der Waals surface area (Å²) in [6.07, 6.45) is 0. The quantitative estimate of drug-likeness (QED) is 0.258. The molecule has 0 atom stereocenters. The van der Waals surface area contributed by atoms with E-state index in [1.165, 1.54) is 23.5 Å². The van der Waals surface area contributed by atoms with E-state index in [9.17, 15) is 9.18 Å². The number of nitrogens with one attached hydrogen (secondary N) is 3. The van der Waals surface area contributed by atoms with Crippen molar-refractivity contribution in [3.05, 3.63) is 51.7 Å². The van der Waals surface area contributed by atoms with Crippen LogP contribution in [0.25, 0.3) is 0 Å². The Morgan fingerprint density at radius 3 is 2.48 bits per heavy atom. The third-order valence-corrected chi connectivity index (χ3v) is 4.18. The molecule has 0 spiro atoms. The summed E-state index contributed by atoms with van der Waals surface area (Å²) in [4.78, 5) is 20.7. The maximum absolute atomic E-state index is 12.9. The van der Waals surface area contributed by atoms with Crippen molar-refractivity contribution >= 4 is 47.2 Å². The van der Waals surface area contributed by atoms with Gasteiger partial charge in [-0.2, -0.15) is 0 Å². The van der Waals surface area contributed by atoms with Gasteiger partial charge in [0.05, 0.1) is 11.2 Å². The summed E-state index contributed by atoms with van der Waals surface area (Å²) < 4.78 is 12.9. The van der Waals surface area contributed by atoms with Crippen LogP contribution in [0.15, 0.2) is 34.8 Å². The fourth-order valence-corrected chi connectivity index (χ4v) is 2.68. The standard InChI is InChI=1S/C16H20FN5OS.HI/c1-11-14(24-10-22-11)15(23)19-7-8-20-16(18-2)21-9-12-3-5-13(17)6-4-12;/h3-6,10H,7-9H2,1-2H3,(H,19,23)(H2,18,20,21);1H. The Balaban J connectivity index is 0.00000312. The molecule has 1 aromatic heterocycles. The number of halogens is 2. The average molecular weight is 477 g/mol. The number of aryl methyl sites for hydroxylation is 1. The number of aromatic nitrogens is 1. The summed E-state index contributed by atoms with van der Waals surface area (Å²) in [7, 11) is 1.67. The Hall–Kier alpha value is -1.75. The predicted octanol–water partition coefficient (Wildman–Crippen LogP) is 2.30. The van der Waals surface area contributed by atoms with E-state index < -0.39 is 0 Å². The Morgan fingerprint density at radius 1 is 1.20 bits per heavy atom. The molecule has 25 heavy (non-hydrogen) atoms. The van der Waals surface area contributed by atoms with Crippen LogP contribution in [0.4, 0.5) is 4.39 Å². The molecular weight excluding hydrogens is 456 g/mol. The van der Waals surface area contributed by atoms with Gasteiger partial charge in [0.2, 0.25) is 0 Å².